The Morgan fingerprint density at radius 3 is 1.78 bits per heavy atom. The van der Waals surface area contributed by atoms with Gasteiger partial charge in [-0.1, -0.05) is 30.3 Å². The molecule has 0 saturated heterocycles. The lowest BCUT2D eigenvalue weighted by atomic mass is 10.3. The number of ether oxygens (including phenoxy) is 1. The summed E-state index contributed by atoms with van der Waals surface area (Å²) in [5, 5.41) is 1.02. The standard InChI is InChI=1S/C18H11F2O2P/c19-12-6-8-15-17(10-12)23(21,14-4-2-1-3-5-14)18-11-13(20)7-9-16(18)22-15/h1-11H. The Morgan fingerprint density at radius 2 is 1.26 bits per heavy atom. The van der Waals surface area contributed by atoms with Gasteiger partial charge in [0.25, 0.3) is 0 Å². The number of halogens is 2. The van der Waals surface area contributed by atoms with Crippen molar-refractivity contribution in [2.24, 2.45) is 0 Å². The van der Waals surface area contributed by atoms with Gasteiger partial charge in [0.1, 0.15) is 23.1 Å². The molecule has 1 aliphatic heterocycles. The number of benzene rings is 3. The van der Waals surface area contributed by atoms with Gasteiger partial charge in [-0.25, -0.2) is 8.78 Å². The van der Waals surface area contributed by atoms with Crippen LogP contribution in [0.5, 0.6) is 11.5 Å². The van der Waals surface area contributed by atoms with E-state index in [0.29, 0.717) is 16.8 Å². The van der Waals surface area contributed by atoms with Crippen LogP contribution < -0.4 is 20.7 Å². The topological polar surface area (TPSA) is 26.3 Å². The Bertz CT molecular complexity index is 899. The lowest BCUT2D eigenvalue weighted by Gasteiger charge is -2.28. The van der Waals surface area contributed by atoms with Crippen LogP contribution in [0.15, 0.2) is 66.7 Å². The second-order valence-electron chi connectivity index (χ2n) is 5.27. The first-order valence-corrected chi connectivity index (χ1v) is 8.73. The maximum Gasteiger partial charge on any atom is 0.178 e. The fourth-order valence-corrected chi connectivity index (χ4v) is 5.69. The van der Waals surface area contributed by atoms with Gasteiger partial charge in [0.15, 0.2) is 7.14 Å². The van der Waals surface area contributed by atoms with Gasteiger partial charge in [0, 0.05) is 5.30 Å². The van der Waals surface area contributed by atoms with E-state index >= 15 is 0 Å². The van der Waals surface area contributed by atoms with Crippen molar-refractivity contribution in [1.82, 2.24) is 0 Å². The van der Waals surface area contributed by atoms with Crippen molar-refractivity contribution in [3.05, 3.63) is 78.4 Å². The Labute approximate surface area is 131 Å². The number of hydrogen-bond donors (Lipinski definition) is 0. The van der Waals surface area contributed by atoms with Crippen molar-refractivity contribution >= 4 is 23.1 Å². The first kappa shape index (κ1) is 14.2. The summed E-state index contributed by atoms with van der Waals surface area (Å²) in [5.74, 6) is -0.359. The molecule has 0 aromatic heterocycles. The fraction of sp³-hybridized carbons (Fsp3) is 0. The molecule has 23 heavy (non-hydrogen) atoms. The highest BCUT2D eigenvalue weighted by molar-refractivity contribution is 7.85. The summed E-state index contributed by atoms with van der Waals surface area (Å²) in [6.07, 6.45) is 0. The minimum absolute atomic E-state index is 0.252. The zero-order valence-corrected chi connectivity index (χ0v) is 12.8. The average Bonchev–Trinajstić information content (AvgIpc) is 2.57. The molecule has 2 nitrogen and oxygen atoms in total. The molecule has 0 saturated carbocycles. The fourth-order valence-electron chi connectivity index (χ4n) is 2.81. The highest BCUT2D eigenvalue weighted by atomic mass is 31.2. The summed E-state index contributed by atoms with van der Waals surface area (Å²) in [7, 11) is -3.40. The molecule has 0 amide bonds. The van der Waals surface area contributed by atoms with E-state index in [1.165, 1.54) is 36.4 Å². The lowest BCUT2D eigenvalue weighted by molar-refractivity contribution is 0.481. The van der Waals surface area contributed by atoms with Crippen molar-refractivity contribution < 1.29 is 18.1 Å². The van der Waals surface area contributed by atoms with Gasteiger partial charge in [0.2, 0.25) is 0 Å². The highest BCUT2D eigenvalue weighted by Crippen LogP contribution is 2.51. The van der Waals surface area contributed by atoms with Crippen LogP contribution in [0.1, 0.15) is 0 Å². The van der Waals surface area contributed by atoms with E-state index < -0.39 is 18.8 Å². The Kier molecular flexibility index (Phi) is 3.10. The molecular formula is C18H11F2O2P. The summed E-state index contributed by atoms with van der Waals surface area (Å²) < 4.78 is 47.2. The predicted octanol–water partition coefficient (Wildman–Crippen LogP) is 3.71. The van der Waals surface area contributed by atoms with Gasteiger partial charge in [-0.2, -0.15) is 0 Å². The number of fused-ring (bicyclic) bond motifs is 2. The van der Waals surface area contributed by atoms with Crippen LogP contribution in [-0.4, -0.2) is 0 Å². The molecule has 0 unspecified atom stereocenters. The smallest absolute Gasteiger partial charge is 0.178 e. The van der Waals surface area contributed by atoms with Crippen LogP contribution in [0.3, 0.4) is 0 Å². The van der Waals surface area contributed by atoms with Crippen LogP contribution in [0, 0.1) is 11.6 Å². The van der Waals surface area contributed by atoms with E-state index in [2.05, 4.69) is 0 Å². The van der Waals surface area contributed by atoms with Crippen LogP contribution in [0.25, 0.3) is 0 Å². The van der Waals surface area contributed by atoms with Gasteiger partial charge < -0.3 is 9.30 Å². The van der Waals surface area contributed by atoms with E-state index in [9.17, 15) is 13.3 Å². The molecule has 0 atom stereocenters. The van der Waals surface area contributed by atoms with Gasteiger partial charge in [0.05, 0.1) is 10.6 Å². The van der Waals surface area contributed by atoms with Gasteiger partial charge in [-0.05, 0) is 36.4 Å². The third-order valence-corrected chi connectivity index (χ3v) is 6.94. The van der Waals surface area contributed by atoms with Gasteiger partial charge >= 0.3 is 0 Å². The summed E-state index contributed by atoms with van der Waals surface area (Å²) in [6.45, 7) is 0. The molecule has 5 heteroatoms. The molecule has 0 aliphatic carbocycles. The molecule has 0 fully saturated rings. The van der Waals surface area contributed by atoms with E-state index in [1.807, 2.05) is 0 Å². The molecule has 3 aromatic carbocycles. The first-order chi connectivity index (χ1) is 11.1. The van der Waals surface area contributed by atoms with Crippen molar-refractivity contribution in [3.63, 3.8) is 0 Å². The Balaban J connectivity index is 2.10. The normalized spacial score (nSPS) is 14.5. The summed E-state index contributed by atoms with van der Waals surface area (Å²) in [4.78, 5) is 0. The molecule has 0 spiro atoms. The van der Waals surface area contributed by atoms with Crippen LogP contribution >= 0.6 is 7.14 Å². The van der Waals surface area contributed by atoms with Crippen molar-refractivity contribution in [2.45, 2.75) is 0 Å². The molecule has 114 valence electrons. The largest absolute Gasteiger partial charge is 0.456 e. The summed E-state index contributed by atoms with van der Waals surface area (Å²) in [6, 6.07) is 16.5. The van der Waals surface area contributed by atoms with E-state index in [1.54, 1.807) is 30.3 Å². The minimum Gasteiger partial charge on any atom is -0.456 e. The molecule has 0 bridgehead atoms. The Morgan fingerprint density at radius 1 is 0.739 bits per heavy atom. The first-order valence-electron chi connectivity index (χ1n) is 7.03. The second-order valence-corrected chi connectivity index (χ2v) is 7.97. The number of rotatable bonds is 1. The van der Waals surface area contributed by atoms with E-state index in [-0.39, 0.29) is 10.6 Å². The molecule has 1 aliphatic rings. The third kappa shape index (κ3) is 2.10. The van der Waals surface area contributed by atoms with Gasteiger partial charge in [-0.15, -0.1) is 0 Å². The third-order valence-electron chi connectivity index (χ3n) is 3.86. The van der Waals surface area contributed by atoms with Gasteiger partial charge in [-0.3, -0.25) is 0 Å². The van der Waals surface area contributed by atoms with Crippen LogP contribution in [-0.2, 0) is 4.57 Å². The second kappa shape index (κ2) is 5.04. The predicted molar refractivity (Wildman–Crippen MR) is 85.8 cm³/mol. The molecule has 4 rings (SSSR count). The summed E-state index contributed by atoms with van der Waals surface area (Å²) in [5.41, 5.74) is 0. The zero-order valence-electron chi connectivity index (χ0n) is 11.9. The molecule has 1 heterocycles. The SMILES string of the molecule is O=P1(c2ccccc2)c2cc(F)ccc2Oc2ccc(F)cc21. The van der Waals surface area contributed by atoms with Crippen molar-refractivity contribution in [3.8, 4) is 11.5 Å². The van der Waals surface area contributed by atoms with E-state index in [0.717, 1.165) is 0 Å². The monoisotopic (exact) mass is 328 g/mol. The van der Waals surface area contributed by atoms with Crippen LogP contribution in [0.2, 0.25) is 0 Å². The highest BCUT2D eigenvalue weighted by Gasteiger charge is 2.39. The maximum absolute atomic E-state index is 14.0. The van der Waals surface area contributed by atoms with Crippen molar-refractivity contribution in [2.75, 3.05) is 0 Å². The minimum atomic E-state index is -3.40. The molecular weight excluding hydrogens is 317 g/mol. The zero-order chi connectivity index (χ0) is 16.0. The van der Waals surface area contributed by atoms with Crippen molar-refractivity contribution in [1.29, 1.82) is 0 Å². The maximum atomic E-state index is 14.0. The number of hydrogen-bond acceptors (Lipinski definition) is 2. The van der Waals surface area contributed by atoms with Crippen LogP contribution in [0.4, 0.5) is 8.78 Å². The molecule has 3 aromatic rings. The lowest BCUT2D eigenvalue weighted by Crippen LogP contribution is -2.31. The quantitative estimate of drug-likeness (QED) is 0.498. The Hall–Kier alpha value is -2.45. The summed E-state index contributed by atoms with van der Waals surface area (Å²) >= 11 is 0. The van der Waals surface area contributed by atoms with E-state index in [4.69, 9.17) is 4.74 Å². The average molecular weight is 328 g/mol. The molecule has 0 radical (unpaired) electrons. The molecule has 0 N–H and O–H groups in total.